The summed E-state index contributed by atoms with van der Waals surface area (Å²) in [7, 11) is 1.70. The fourth-order valence-electron chi connectivity index (χ4n) is 3.09. The van der Waals surface area contributed by atoms with Crippen molar-refractivity contribution >= 4 is 11.6 Å². The fraction of sp³-hybridized carbons (Fsp3) is 0.409. The minimum atomic E-state index is 0.242. The van der Waals surface area contributed by atoms with Crippen LogP contribution in [0.5, 0.6) is 5.75 Å². The molecule has 1 N–H and O–H groups in total. The molecule has 0 aromatic heterocycles. The molecule has 28 heavy (non-hydrogen) atoms. The molecule has 3 rings (SSSR count). The molecule has 1 heterocycles. The molecule has 1 aliphatic rings. The summed E-state index contributed by atoms with van der Waals surface area (Å²) in [6, 6.07) is 14.5. The summed E-state index contributed by atoms with van der Waals surface area (Å²) < 4.78 is 5.58. The van der Waals surface area contributed by atoms with E-state index in [1.54, 1.807) is 7.11 Å². The molecular weight excluding hydrogens is 354 g/mol. The Morgan fingerprint density at radius 1 is 1.14 bits per heavy atom. The first-order valence-corrected chi connectivity index (χ1v) is 9.59. The van der Waals surface area contributed by atoms with Crippen LogP contribution in [-0.4, -0.2) is 31.4 Å². The van der Waals surface area contributed by atoms with Crippen molar-refractivity contribution in [1.29, 1.82) is 0 Å². The van der Waals surface area contributed by atoms with Gasteiger partial charge in [0, 0.05) is 12.6 Å². The monoisotopic (exact) mass is 383 g/mol. The third-order valence-electron chi connectivity index (χ3n) is 4.51. The van der Waals surface area contributed by atoms with Gasteiger partial charge in [-0.2, -0.15) is 0 Å². The van der Waals surface area contributed by atoms with Crippen molar-refractivity contribution in [2.24, 2.45) is 10.9 Å². The van der Waals surface area contributed by atoms with E-state index in [2.05, 4.69) is 56.4 Å². The number of aliphatic imine (C=N–C) groups is 1. The van der Waals surface area contributed by atoms with Gasteiger partial charge < -0.3 is 15.0 Å². The van der Waals surface area contributed by atoms with Crippen molar-refractivity contribution in [2.75, 3.05) is 20.6 Å². The number of guanidine groups is 1. The van der Waals surface area contributed by atoms with Gasteiger partial charge in [0.05, 0.1) is 12.8 Å². The maximum atomic E-state index is 5.58. The first-order chi connectivity index (χ1) is 13.5. The van der Waals surface area contributed by atoms with E-state index in [0.29, 0.717) is 25.2 Å². The summed E-state index contributed by atoms with van der Waals surface area (Å²) in [5.41, 5.74) is 4.43. The summed E-state index contributed by atoms with van der Waals surface area (Å²) >= 11 is 0. The van der Waals surface area contributed by atoms with E-state index in [0.717, 1.165) is 17.9 Å². The van der Waals surface area contributed by atoms with Crippen LogP contribution in [0.3, 0.4) is 0 Å². The van der Waals surface area contributed by atoms with Gasteiger partial charge in [-0.3, -0.25) is 0 Å². The van der Waals surface area contributed by atoms with E-state index >= 15 is 0 Å². The Morgan fingerprint density at radius 3 is 2.64 bits per heavy atom. The average Bonchev–Trinajstić information content (AvgIpc) is 2.89. The number of nitrogens with one attached hydrogen (secondary N) is 1. The maximum absolute atomic E-state index is 5.58. The number of hydrogen-bond acceptors (Lipinski definition) is 4. The van der Waals surface area contributed by atoms with Gasteiger partial charge in [-0.1, -0.05) is 49.7 Å². The summed E-state index contributed by atoms with van der Waals surface area (Å²) in [6.45, 7) is 7.68. The number of nitrogens with zero attached hydrogens (tertiary/aromatic N) is 2. The van der Waals surface area contributed by atoms with E-state index in [4.69, 9.17) is 19.5 Å². The minimum absolute atomic E-state index is 0.242. The lowest BCUT2D eigenvalue weighted by molar-refractivity contribution is -0.305. The molecule has 0 amide bonds. The van der Waals surface area contributed by atoms with Gasteiger partial charge in [-0.05, 0) is 36.5 Å². The summed E-state index contributed by atoms with van der Waals surface area (Å²) in [5, 5.41) is 3.18. The molecule has 1 aliphatic heterocycles. The summed E-state index contributed by atoms with van der Waals surface area (Å²) in [6.07, 6.45) is 0.972. The molecule has 6 heteroatoms. The molecule has 2 aromatic carbocycles. The lowest BCUT2D eigenvalue weighted by Crippen LogP contribution is -2.39. The van der Waals surface area contributed by atoms with Crippen molar-refractivity contribution in [3.8, 4) is 5.75 Å². The number of methoxy groups -OCH3 is 1. The van der Waals surface area contributed by atoms with Crippen LogP contribution in [0.2, 0.25) is 0 Å². The molecule has 0 bridgehead atoms. The Morgan fingerprint density at radius 2 is 1.93 bits per heavy atom. The van der Waals surface area contributed by atoms with Crippen LogP contribution < -0.4 is 10.1 Å². The smallest absolute Gasteiger partial charge is 0.203 e. The van der Waals surface area contributed by atoms with Gasteiger partial charge in [0.15, 0.2) is 13.5 Å². The zero-order chi connectivity index (χ0) is 19.9. The highest BCUT2D eigenvalue weighted by Gasteiger charge is 2.17. The molecule has 0 atom stereocenters. The van der Waals surface area contributed by atoms with Crippen LogP contribution in [0, 0.1) is 12.8 Å². The third-order valence-corrected chi connectivity index (χ3v) is 4.51. The predicted molar refractivity (Wildman–Crippen MR) is 110 cm³/mol. The van der Waals surface area contributed by atoms with Crippen LogP contribution in [0.4, 0.5) is 5.69 Å². The van der Waals surface area contributed by atoms with E-state index < -0.39 is 0 Å². The molecule has 6 nitrogen and oxygen atoms in total. The first-order valence-electron chi connectivity index (χ1n) is 9.59. The molecule has 0 saturated carbocycles. The number of aryl methyl sites for hydroxylation is 1. The Bertz CT molecular complexity index is 803. The van der Waals surface area contributed by atoms with Gasteiger partial charge in [-0.15, -0.1) is 0 Å². The number of ether oxygens (including phenoxy) is 1. The summed E-state index contributed by atoms with van der Waals surface area (Å²) in [5.74, 6) is 2.13. The van der Waals surface area contributed by atoms with Crippen LogP contribution in [-0.2, 0) is 22.7 Å². The molecule has 1 fully saturated rings. The number of rotatable bonds is 6. The van der Waals surface area contributed by atoms with Crippen molar-refractivity contribution in [2.45, 2.75) is 33.7 Å². The Kier molecular flexibility index (Phi) is 6.90. The molecule has 0 unspecified atom stereocenters. The molecular formula is C22H29N3O3. The molecule has 0 spiro atoms. The molecule has 1 saturated heterocycles. The normalized spacial score (nSPS) is 16.2. The van der Waals surface area contributed by atoms with Crippen LogP contribution in [0.1, 0.15) is 30.5 Å². The maximum Gasteiger partial charge on any atom is 0.203 e. The predicted octanol–water partition coefficient (Wildman–Crippen LogP) is 4.16. The molecule has 0 aliphatic carbocycles. The van der Waals surface area contributed by atoms with Crippen molar-refractivity contribution in [1.82, 2.24) is 10.2 Å². The lowest BCUT2D eigenvalue weighted by atomic mass is 10.0. The average molecular weight is 383 g/mol. The second-order valence-electron chi connectivity index (χ2n) is 7.40. The minimum Gasteiger partial charge on any atom is -0.496 e. The van der Waals surface area contributed by atoms with Crippen LogP contribution in [0.25, 0.3) is 0 Å². The lowest BCUT2D eigenvalue weighted by Gasteiger charge is -2.22. The Hall–Kier alpha value is -2.57. The SMILES string of the molecule is COc1cc(/N=C2\NCOOCN2Cc2ccc(C)cc2)ccc1CC(C)C. The van der Waals surface area contributed by atoms with Gasteiger partial charge in [0.1, 0.15) is 5.75 Å². The van der Waals surface area contributed by atoms with Crippen LogP contribution in [0.15, 0.2) is 47.5 Å². The summed E-state index contributed by atoms with van der Waals surface area (Å²) in [4.78, 5) is 17.1. The van der Waals surface area contributed by atoms with Crippen LogP contribution >= 0.6 is 0 Å². The second-order valence-corrected chi connectivity index (χ2v) is 7.40. The third kappa shape index (κ3) is 5.47. The highest BCUT2D eigenvalue weighted by atomic mass is 17.2. The standard InChI is InChI=1S/C22H29N3O3/c1-16(2)11-19-9-10-20(12-21(19)26-4)24-22-23-14-27-28-15-25(22)13-18-7-5-17(3)6-8-18/h5-10,12,16H,11,13-15H2,1-4H3,(H,23,24). The van der Waals surface area contributed by atoms with E-state index in [1.807, 2.05) is 17.0 Å². The molecule has 150 valence electrons. The Labute approximate surface area is 167 Å². The zero-order valence-electron chi connectivity index (χ0n) is 17.1. The first kappa shape index (κ1) is 20.2. The Balaban J connectivity index is 1.84. The molecule has 2 aromatic rings. The van der Waals surface area contributed by atoms with Gasteiger partial charge in [0.2, 0.25) is 5.96 Å². The quantitative estimate of drug-likeness (QED) is 0.759. The van der Waals surface area contributed by atoms with Crippen molar-refractivity contribution in [3.63, 3.8) is 0 Å². The number of hydrogen-bond donors (Lipinski definition) is 1. The van der Waals surface area contributed by atoms with E-state index in [-0.39, 0.29) is 6.73 Å². The van der Waals surface area contributed by atoms with Crippen molar-refractivity contribution in [3.05, 3.63) is 59.2 Å². The van der Waals surface area contributed by atoms with Gasteiger partial charge in [-0.25, -0.2) is 14.8 Å². The van der Waals surface area contributed by atoms with Gasteiger partial charge >= 0.3 is 0 Å². The zero-order valence-corrected chi connectivity index (χ0v) is 17.1. The van der Waals surface area contributed by atoms with Crippen molar-refractivity contribution < 1.29 is 14.5 Å². The molecule has 0 radical (unpaired) electrons. The fourth-order valence-corrected chi connectivity index (χ4v) is 3.09. The largest absolute Gasteiger partial charge is 0.496 e. The van der Waals surface area contributed by atoms with Gasteiger partial charge in [0.25, 0.3) is 0 Å². The highest BCUT2D eigenvalue weighted by molar-refractivity contribution is 5.83. The highest BCUT2D eigenvalue weighted by Crippen LogP contribution is 2.27. The van der Waals surface area contributed by atoms with E-state index in [1.165, 1.54) is 16.7 Å². The number of benzene rings is 2. The van der Waals surface area contributed by atoms with E-state index in [9.17, 15) is 0 Å². The topological polar surface area (TPSA) is 55.3 Å². The second kappa shape index (κ2) is 9.57.